The number of fused-ring (bicyclic) bond motifs is 5. The number of hydrogen-bond acceptors (Lipinski definition) is 8. The minimum atomic E-state index is -1.89. The van der Waals surface area contributed by atoms with E-state index in [2.05, 4.69) is 5.32 Å². The summed E-state index contributed by atoms with van der Waals surface area (Å²) in [6.45, 7) is 2.96. The molecule has 2 aliphatic rings. The quantitative estimate of drug-likeness (QED) is 0.188. The normalized spacial score (nSPS) is 17.4. The Morgan fingerprint density at radius 1 is 1.18 bits per heavy atom. The Balaban J connectivity index is 1.54. The smallest absolute Gasteiger partial charge is 0.356 e. The number of amides is 1. The van der Waals surface area contributed by atoms with Crippen LogP contribution in [0.1, 0.15) is 43.4 Å². The van der Waals surface area contributed by atoms with Gasteiger partial charge in [-0.05, 0) is 40.8 Å². The number of nitrogens with one attached hydrogen (secondary N) is 1. The fraction of sp³-hybridized carbons (Fsp3) is 0.333. The molecule has 4 heterocycles. The molecule has 0 aliphatic carbocycles. The van der Waals surface area contributed by atoms with Crippen molar-refractivity contribution in [2.24, 2.45) is 5.92 Å². The number of hydrogen-bond donors (Lipinski definition) is 1. The second kappa shape index (κ2) is 9.93. The van der Waals surface area contributed by atoms with Crippen molar-refractivity contribution in [2.75, 3.05) is 6.54 Å². The maximum absolute atomic E-state index is 13.6. The van der Waals surface area contributed by atoms with E-state index in [0.717, 1.165) is 16.5 Å². The third kappa shape index (κ3) is 4.38. The molecule has 5 rings (SSSR count). The largest absolute Gasteiger partial charge is 0.457 e. The van der Waals surface area contributed by atoms with E-state index in [-0.39, 0.29) is 39.9 Å². The van der Waals surface area contributed by atoms with Gasteiger partial charge in [-0.2, -0.15) is 0 Å². The van der Waals surface area contributed by atoms with Gasteiger partial charge in [-0.15, -0.1) is 0 Å². The number of rotatable bonds is 7. The molecule has 1 atom stereocenters. The van der Waals surface area contributed by atoms with Gasteiger partial charge in [0.2, 0.25) is 11.5 Å². The number of halogens is 1. The highest BCUT2D eigenvalue weighted by atomic mass is 127. The van der Waals surface area contributed by atoms with Crippen LogP contribution in [0.5, 0.6) is 0 Å². The Kier molecular flexibility index (Phi) is 6.80. The average molecular weight is 629 g/mol. The van der Waals surface area contributed by atoms with Gasteiger partial charge in [-0.1, -0.05) is 32.0 Å². The first-order chi connectivity index (χ1) is 18.1. The van der Waals surface area contributed by atoms with Gasteiger partial charge in [-0.25, -0.2) is 9.78 Å². The number of benzene rings is 1. The molecule has 0 saturated heterocycles. The van der Waals surface area contributed by atoms with Crippen LogP contribution in [-0.2, 0) is 47.4 Å². The molecule has 38 heavy (non-hydrogen) atoms. The summed E-state index contributed by atoms with van der Waals surface area (Å²) in [5.41, 5.74) is 1.06. The van der Waals surface area contributed by atoms with Crippen LogP contribution in [0.3, 0.4) is 0 Å². The van der Waals surface area contributed by atoms with Crippen LogP contribution >= 0.6 is 22.6 Å². The first-order valence-electron chi connectivity index (χ1n) is 12.1. The van der Waals surface area contributed by atoms with E-state index in [1.165, 1.54) is 0 Å². The molecule has 0 saturated carbocycles. The maximum atomic E-state index is 13.6. The molecule has 2 aromatic heterocycles. The highest BCUT2D eigenvalue weighted by molar-refractivity contribution is 14.1. The topological polar surface area (TPSA) is 134 Å². The summed E-state index contributed by atoms with van der Waals surface area (Å²) < 4.78 is 12.6. The Morgan fingerprint density at radius 2 is 1.95 bits per heavy atom. The molecule has 1 amide bonds. The molecule has 3 aromatic rings. The number of carbonyl (C=O) groups excluding carboxylic acids is 4. The van der Waals surface area contributed by atoms with Gasteiger partial charge in [-0.3, -0.25) is 19.2 Å². The zero-order valence-electron chi connectivity index (χ0n) is 20.7. The molecular formula is C27H24IN3O7. The van der Waals surface area contributed by atoms with E-state index >= 15 is 0 Å². The predicted molar refractivity (Wildman–Crippen MR) is 144 cm³/mol. The van der Waals surface area contributed by atoms with Crippen molar-refractivity contribution in [1.82, 2.24) is 14.9 Å². The Morgan fingerprint density at radius 3 is 2.68 bits per heavy atom. The second-order valence-electron chi connectivity index (χ2n) is 9.57. The lowest BCUT2D eigenvalue weighted by Gasteiger charge is -2.39. The van der Waals surface area contributed by atoms with Gasteiger partial charge >= 0.3 is 11.9 Å². The molecule has 10 nitrogen and oxygen atoms in total. The summed E-state index contributed by atoms with van der Waals surface area (Å²) in [7, 11) is 0. The van der Waals surface area contributed by atoms with Gasteiger partial charge in [0, 0.05) is 35.3 Å². The SMILES string of the molecule is CC(C)[C@@]1(OC(=O)CNC(=O)CCC(=O)I)C(=O)OCc2c1cc1n(c2=O)Cc2cc3ccccc3nc2-1. The van der Waals surface area contributed by atoms with E-state index in [0.29, 0.717) is 17.9 Å². The number of para-hydroxylation sites is 1. The van der Waals surface area contributed by atoms with Crippen LogP contribution in [0.2, 0.25) is 0 Å². The zero-order valence-corrected chi connectivity index (χ0v) is 22.9. The van der Waals surface area contributed by atoms with E-state index in [1.54, 1.807) is 47.1 Å². The molecule has 1 aromatic carbocycles. The van der Waals surface area contributed by atoms with Crippen LogP contribution in [0.15, 0.2) is 41.2 Å². The number of pyridine rings is 2. The van der Waals surface area contributed by atoms with E-state index in [4.69, 9.17) is 14.5 Å². The van der Waals surface area contributed by atoms with E-state index in [9.17, 15) is 24.0 Å². The molecule has 11 heteroatoms. The summed E-state index contributed by atoms with van der Waals surface area (Å²) in [4.78, 5) is 67.6. The lowest BCUT2D eigenvalue weighted by molar-refractivity contribution is -0.195. The molecule has 196 valence electrons. The Bertz CT molecular complexity index is 1580. The van der Waals surface area contributed by atoms with Gasteiger partial charge < -0.3 is 19.4 Å². The summed E-state index contributed by atoms with van der Waals surface area (Å²) in [6.07, 6.45) is -0.0316. The number of nitrogens with zero attached hydrogens (tertiary/aromatic N) is 2. The van der Waals surface area contributed by atoms with Gasteiger partial charge in [0.1, 0.15) is 13.2 Å². The zero-order chi connectivity index (χ0) is 27.2. The van der Waals surface area contributed by atoms with Crippen molar-refractivity contribution in [3.05, 3.63) is 63.4 Å². The van der Waals surface area contributed by atoms with Gasteiger partial charge in [0.05, 0.1) is 29.0 Å². The lowest BCUT2D eigenvalue weighted by Crippen LogP contribution is -2.52. The van der Waals surface area contributed by atoms with Crippen LogP contribution in [0, 0.1) is 5.92 Å². The van der Waals surface area contributed by atoms with Crippen LogP contribution < -0.4 is 10.9 Å². The van der Waals surface area contributed by atoms with Crippen molar-refractivity contribution in [1.29, 1.82) is 0 Å². The first kappa shape index (κ1) is 26.0. The standard InChI is InChI=1S/C27H24IN3O7/c1-14(2)27(38-23(34)11-29-22(33)8-7-21(28)32)18-10-20-24-16(9-15-5-3-4-6-19(15)30-24)12-31(20)25(35)17(18)13-37-26(27)36/h3-6,9-10,14H,7-8,11-13H2,1-2H3,(H,29,33)/t27-/m0/s1. The van der Waals surface area contributed by atoms with Crippen molar-refractivity contribution < 1.29 is 28.7 Å². The number of cyclic esters (lactones) is 1. The maximum Gasteiger partial charge on any atom is 0.356 e. The van der Waals surface area contributed by atoms with E-state index < -0.39 is 35.9 Å². The van der Waals surface area contributed by atoms with Gasteiger partial charge in [0.25, 0.3) is 5.56 Å². The lowest BCUT2D eigenvalue weighted by atomic mass is 9.79. The molecule has 0 radical (unpaired) electrons. The first-order valence-corrected chi connectivity index (χ1v) is 13.2. The molecule has 0 bridgehead atoms. The third-order valence-corrected chi connectivity index (χ3v) is 7.43. The Hall–Kier alpha value is -3.61. The summed E-state index contributed by atoms with van der Waals surface area (Å²) in [5, 5.41) is 3.36. The highest BCUT2D eigenvalue weighted by Crippen LogP contribution is 2.43. The van der Waals surface area contributed by atoms with Crippen molar-refractivity contribution in [3.8, 4) is 11.4 Å². The Labute approximate surface area is 230 Å². The molecule has 0 spiro atoms. The number of esters is 2. The number of ether oxygens (including phenoxy) is 2. The van der Waals surface area contributed by atoms with Crippen molar-refractivity contribution in [2.45, 2.75) is 45.4 Å². The van der Waals surface area contributed by atoms with Crippen molar-refractivity contribution >= 4 is 55.1 Å². The fourth-order valence-electron chi connectivity index (χ4n) is 4.99. The minimum absolute atomic E-state index is 0.0386. The molecule has 1 N–H and O–H groups in total. The van der Waals surface area contributed by atoms with Crippen LogP contribution in [-0.4, -0.2) is 37.7 Å². The third-order valence-electron chi connectivity index (χ3n) is 6.89. The van der Waals surface area contributed by atoms with Crippen molar-refractivity contribution in [3.63, 3.8) is 0 Å². The second-order valence-corrected chi connectivity index (χ2v) is 10.8. The van der Waals surface area contributed by atoms with Crippen LogP contribution in [0.4, 0.5) is 0 Å². The van der Waals surface area contributed by atoms with Crippen LogP contribution in [0.25, 0.3) is 22.3 Å². The highest BCUT2D eigenvalue weighted by Gasteiger charge is 2.54. The van der Waals surface area contributed by atoms with Gasteiger partial charge in [0.15, 0.2) is 3.79 Å². The molecule has 2 aliphatic heterocycles. The predicted octanol–water partition coefficient (Wildman–Crippen LogP) is 2.73. The average Bonchev–Trinajstić information content (AvgIpc) is 3.24. The van der Waals surface area contributed by atoms with E-state index in [1.807, 2.05) is 30.3 Å². The minimum Gasteiger partial charge on any atom is -0.457 e. The molecular weight excluding hydrogens is 605 g/mol. The fourth-order valence-corrected chi connectivity index (χ4v) is 5.26. The summed E-state index contributed by atoms with van der Waals surface area (Å²) in [5.74, 6) is -2.76. The monoisotopic (exact) mass is 629 g/mol. The molecule has 0 fully saturated rings. The molecule has 0 unspecified atom stereocenters. The summed E-state index contributed by atoms with van der Waals surface area (Å²) >= 11 is 1.59. The number of aromatic nitrogens is 2. The summed E-state index contributed by atoms with van der Waals surface area (Å²) in [6, 6.07) is 11.3. The number of carbonyl (C=O) groups is 4.